The van der Waals surface area contributed by atoms with E-state index in [0.717, 1.165) is 12.8 Å². The molecule has 45 valence electrons. The molecule has 0 atom stereocenters. The molecule has 0 spiro atoms. The van der Waals surface area contributed by atoms with E-state index in [0.29, 0.717) is 0 Å². The molecule has 0 aromatic carbocycles. The van der Waals surface area contributed by atoms with E-state index in [1.165, 1.54) is 12.5 Å². The molecule has 1 fully saturated rings. The molecule has 0 aromatic heterocycles. The Bertz CT molecular complexity index is 95.8. The highest BCUT2D eigenvalue weighted by molar-refractivity contribution is 5.75. The highest BCUT2D eigenvalue weighted by Crippen LogP contribution is 2.24. The quantitative estimate of drug-likeness (QED) is 0.335. The van der Waals surface area contributed by atoms with E-state index in [1.807, 2.05) is 0 Å². The molecule has 0 heterocycles. The predicted octanol–water partition coefficient (Wildman–Crippen LogP) is 0.185. The van der Waals surface area contributed by atoms with E-state index in [-0.39, 0.29) is 5.96 Å². The Morgan fingerprint density at radius 2 is 2.25 bits per heavy atom. The molecule has 1 rings (SSSR count). The van der Waals surface area contributed by atoms with Crippen LogP contribution in [-0.4, -0.2) is 5.96 Å². The Morgan fingerprint density at radius 1 is 1.62 bits per heavy atom. The molecule has 0 aliphatic heterocycles. The zero-order chi connectivity index (χ0) is 5.98. The second-order valence-electron chi connectivity index (χ2n) is 2.00. The van der Waals surface area contributed by atoms with Crippen molar-refractivity contribution in [2.45, 2.75) is 19.3 Å². The van der Waals surface area contributed by atoms with Gasteiger partial charge in [0, 0.05) is 0 Å². The van der Waals surface area contributed by atoms with Crippen LogP contribution in [0, 0.1) is 11.5 Å². The lowest BCUT2D eigenvalue weighted by Crippen LogP contribution is -2.37. The van der Waals surface area contributed by atoms with Gasteiger partial charge in [0.15, 0.2) is 5.96 Å². The minimum Gasteiger partial charge on any atom is -0.370 e. The molecule has 1 aliphatic carbocycles. The van der Waals surface area contributed by atoms with Crippen LogP contribution in [0.3, 0.4) is 0 Å². The largest absolute Gasteiger partial charge is 0.370 e. The maximum absolute atomic E-state index is 6.81. The van der Waals surface area contributed by atoms with Gasteiger partial charge in [0.05, 0.1) is 6.04 Å². The maximum Gasteiger partial charge on any atom is 0.186 e. The van der Waals surface area contributed by atoms with Crippen LogP contribution in [0.2, 0.25) is 0 Å². The molecule has 0 amide bonds. The normalized spacial score (nSPS) is 19.5. The first kappa shape index (κ1) is 5.41. The van der Waals surface area contributed by atoms with Gasteiger partial charge < -0.3 is 11.1 Å². The second-order valence-corrected chi connectivity index (χ2v) is 2.00. The Balaban J connectivity index is 2.09. The number of nitrogens with one attached hydrogen (secondary N) is 2. The summed E-state index contributed by atoms with van der Waals surface area (Å²) in [6.45, 7) is 0. The van der Waals surface area contributed by atoms with Crippen molar-refractivity contribution in [3.8, 4) is 0 Å². The summed E-state index contributed by atoms with van der Waals surface area (Å²) < 4.78 is 0. The van der Waals surface area contributed by atoms with E-state index >= 15 is 0 Å². The number of hydrogen-bond donors (Lipinski definition) is 3. The fraction of sp³-hybridized carbons (Fsp3) is 0.600. The molecule has 1 aliphatic rings. The summed E-state index contributed by atoms with van der Waals surface area (Å²) in [5.41, 5.74) is 5.05. The first-order chi connectivity index (χ1) is 3.79. The van der Waals surface area contributed by atoms with Crippen LogP contribution in [0.4, 0.5) is 0 Å². The minimum absolute atomic E-state index is 0.0692. The van der Waals surface area contributed by atoms with Gasteiger partial charge in [-0.15, -0.1) is 0 Å². The Kier molecular flexibility index (Phi) is 1.37. The van der Waals surface area contributed by atoms with Crippen LogP contribution >= 0.6 is 0 Å². The number of hydrogen-bond acceptors (Lipinski definition) is 1. The van der Waals surface area contributed by atoms with Crippen LogP contribution in [-0.2, 0) is 0 Å². The molecule has 8 heavy (non-hydrogen) atoms. The molecular weight excluding hydrogens is 102 g/mol. The topological polar surface area (TPSA) is 61.9 Å². The van der Waals surface area contributed by atoms with Crippen LogP contribution in [0.25, 0.3) is 0 Å². The first-order valence-electron chi connectivity index (χ1n) is 2.75. The van der Waals surface area contributed by atoms with Gasteiger partial charge in [0.2, 0.25) is 0 Å². The zero-order valence-electron chi connectivity index (χ0n) is 4.70. The predicted molar refractivity (Wildman–Crippen MR) is 32.1 cm³/mol. The van der Waals surface area contributed by atoms with Crippen molar-refractivity contribution in [2.24, 2.45) is 5.73 Å². The molecule has 1 saturated carbocycles. The van der Waals surface area contributed by atoms with Crippen LogP contribution in [0.1, 0.15) is 19.3 Å². The summed E-state index contributed by atoms with van der Waals surface area (Å²) in [5.74, 6) is 0.0692. The highest BCUT2D eigenvalue weighted by atomic mass is 15.1. The smallest absolute Gasteiger partial charge is 0.186 e. The van der Waals surface area contributed by atoms with E-state index in [9.17, 15) is 0 Å². The lowest BCUT2D eigenvalue weighted by atomic mass is 9.93. The van der Waals surface area contributed by atoms with Crippen molar-refractivity contribution in [3.63, 3.8) is 0 Å². The molecule has 1 radical (unpaired) electrons. The van der Waals surface area contributed by atoms with Gasteiger partial charge in [0.25, 0.3) is 0 Å². The summed E-state index contributed by atoms with van der Waals surface area (Å²) in [7, 11) is 0. The zero-order valence-corrected chi connectivity index (χ0v) is 4.70. The van der Waals surface area contributed by atoms with Gasteiger partial charge in [-0.3, -0.25) is 5.41 Å². The molecule has 0 unspecified atom stereocenters. The van der Waals surface area contributed by atoms with Gasteiger partial charge >= 0.3 is 0 Å². The standard InChI is InChI=1S/C5H10N3/c6-5(7)8-4-2-1-3-4/h1-3H2,(H4,6,7,8). The Labute approximate surface area is 48.8 Å². The van der Waals surface area contributed by atoms with E-state index in [2.05, 4.69) is 5.32 Å². The second kappa shape index (κ2) is 2.03. The van der Waals surface area contributed by atoms with E-state index < -0.39 is 0 Å². The monoisotopic (exact) mass is 112 g/mol. The summed E-state index contributed by atoms with van der Waals surface area (Å²) in [4.78, 5) is 0. The molecular formula is C5H10N3. The van der Waals surface area contributed by atoms with Crippen molar-refractivity contribution >= 4 is 5.96 Å². The summed E-state index contributed by atoms with van der Waals surface area (Å²) >= 11 is 0. The van der Waals surface area contributed by atoms with Gasteiger partial charge in [-0.05, 0) is 19.3 Å². The molecule has 0 bridgehead atoms. The molecule has 3 heteroatoms. The third-order valence-electron chi connectivity index (χ3n) is 1.27. The van der Waals surface area contributed by atoms with Crippen LogP contribution in [0.5, 0.6) is 0 Å². The van der Waals surface area contributed by atoms with Crippen LogP contribution < -0.4 is 11.1 Å². The van der Waals surface area contributed by atoms with Crippen molar-refractivity contribution in [1.82, 2.24) is 5.32 Å². The van der Waals surface area contributed by atoms with Crippen molar-refractivity contribution < 1.29 is 0 Å². The Hall–Kier alpha value is -0.730. The maximum atomic E-state index is 6.81. The Morgan fingerprint density at radius 3 is 2.38 bits per heavy atom. The lowest BCUT2D eigenvalue weighted by Gasteiger charge is -2.24. The summed E-state index contributed by atoms with van der Waals surface area (Å²) in [5, 5.41) is 9.56. The number of nitrogens with two attached hydrogens (primary N) is 1. The van der Waals surface area contributed by atoms with E-state index in [1.54, 1.807) is 0 Å². The summed E-state index contributed by atoms with van der Waals surface area (Å²) in [6, 6.07) is 1.21. The SMILES string of the molecule is N=C(N)N[C]1CCC1. The lowest BCUT2D eigenvalue weighted by molar-refractivity contribution is 0.508. The highest BCUT2D eigenvalue weighted by Gasteiger charge is 2.17. The first-order valence-corrected chi connectivity index (χ1v) is 2.75. The van der Waals surface area contributed by atoms with Crippen LogP contribution in [0.15, 0.2) is 0 Å². The van der Waals surface area contributed by atoms with Crippen molar-refractivity contribution in [1.29, 1.82) is 5.41 Å². The fourth-order valence-corrected chi connectivity index (χ4v) is 0.669. The van der Waals surface area contributed by atoms with Gasteiger partial charge in [-0.1, -0.05) is 0 Å². The van der Waals surface area contributed by atoms with E-state index in [4.69, 9.17) is 11.1 Å². The number of rotatable bonds is 1. The third kappa shape index (κ3) is 1.12. The molecule has 3 nitrogen and oxygen atoms in total. The average Bonchev–Trinajstić information content (AvgIpc) is 1.55. The third-order valence-corrected chi connectivity index (χ3v) is 1.27. The van der Waals surface area contributed by atoms with Gasteiger partial charge in [-0.25, -0.2) is 0 Å². The van der Waals surface area contributed by atoms with Gasteiger partial charge in [-0.2, -0.15) is 0 Å². The molecule has 4 N–H and O–H groups in total. The van der Waals surface area contributed by atoms with Crippen molar-refractivity contribution in [3.05, 3.63) is 6.04 Å². The molecule has 0 aromatic rings. The fourth-order valence-electron chi connectivity index (χ4n) is 0.669. The summed E-state index contributed by atoms with van der Waals surface area (Å²) in [6.07, 6.45) is 3.44. The number of guanidine groups is 1. The van der Waals surface area contributed by atoms with Crippen molar-refractivity contribution in [2.75, 3.05) is 0 Å². The average molecular weight is 112 g/mol. The molecule has 0 saturated heterocycles. The minimum atomic E-state index is 0.0692. The van der Waals surface area contributed by atoms with Gasteiger partial charge in [0.1, 0.15) is 0 Å².